The van der Waals surface area contributed by atoms with Gasteiger partial charge < -0.3 is 4.90 Å². The van der Waals surface area contributed by atoms with Gasteiger partial charge in [-0.25, -0.2) is 0 Å². The minimum absolute atomic E-state index is 0.0885. The van der Waals surface area contributed by atoms with Gasteiger partial charge in [-0.1, -0.05) is 30.0 Å². The summed E-state index contributed by atoms with van der Waals surface area (Å²) < 4.78 is 1.25. The first-order chi connectivity index (χ1) is 9.63. The van der Waals surface area contributed by atoms with Crippen molar-refractivity contribution in [2.75, 3.05) is 6.54 Å². The smallest absolute Gasteiger partial charge is 0.224 e. The molecule has 1 aromatic carbocycles. The third-order valence-electron chi connectivity index (χ3n) is 3.43. The van der Waals surface area contributed by atoms with Crippen LogP contribution in [0.5, 0.6) is 0 Å². The second-order valence-electron chi connectivity index (χ2n) is 4.97. The number of carbonyl (C=O) groups excluding carboxylic acids is 2. The van der Waals surface area contributed by atoms with Crippen LogP contribution < -0.4 is 0 Å². The molecule has 2 heterocycles. The second-order valence-corrected chi connectivity index (χ2v) is 7.36. The highest BCUT2D eigenvalue weighted by molar-refractivity contribution is 8.14. The predicted molar refractivity (Wildman–Crippen MR) is 83.9 cm³/mol. The summed E-state index contributed by atoms with van der Waals surface area (Å²) in [5.41, 5.74) is 1.20. The fourth-order valence-electron chi connectivity index (χ4n) is 2.56. The first kappa shape index (κ1) is 13.6. The third kappa shape index (κ3) is 2.74. The molecule has 1 amide bonds. The molecule has 1 aliphatic heterocycles. The lowest BCUT2D eigenvalue weighted by Crippen LogP contribution is -2.24. The fraction of sp³-hybridized carbons (Fsp3) is 0.333. The summed E-state index contributed by atoms with van der Waals surface area (Å²) in [7, 11) is 0. The highest BCUT2D eigenvalue weighted by atomic mass is 32.2. The number of hydrogen-bond acceptors (Lipinski definition) is 4. The monoisotopic (exact) mass is 305 g/mol. The number of likely N-dealkylation sites (tertiary alicyclic amines) is 1. The summed E-state index contributed by atoms with van der Waals surface area (Å²) in [6.07, 6.45) is 0.478. The van der Waals surface area contributed by atoms with Gasteiger partial charge in [0.25, 0.3) is 0 Å². The standard InChI is InChI=1S/C15H15NO2S2/c1-10(17)20-12-6-15(18)16(8-12)7-11-9-19-14-5-3-2-4-13(11)14/h2-5,9,12H,6-8H2,1H3. The quantitative estimate of drug-likeness (QED) is 0.873. The molecule has 1 aliphatic rings. The second kappa shape index (κ2) is 5.58. The zero-order valence-corrected chi connectivity index (χ0v) is 12.8. The van der Waals surface area contributed by atoms with Crippen LogP contribution in [0.15, 0.2) is 29.6 Å². The largest absolute Gasteiger partial charge is 0.337 e. The van der Waals surface area contributed by atoms with Gasteiger partial charge in [0.05, 0.1) is 0 Å². The maximum absolute atomic E-state index is 12.0. The van der Waals surface area contributed by atoms with E-state index in [9.17, 15) is 9.59 Å². The van der Waals surface area contributed by atoms with E-state index in [0.717, 1.165) is 0 Å². The van der Waals surface area contributed by atoms with E-state index in [2.05, 4.69) is 17.5 Å². The molecule has 0 saturated carbocycles. The summed E-state index contributed by atoms with van der Waals surface area (Å²) in [5.74, 6) is 0.152. The molecule has 0 N–H and O–H groups in total. The highest BCUT2D eigenvalue weighted by Crippen LogP contribution is 2.30. The van der Waals surface area contributed by atoms with E-state index in [1.165, 1.54) is 27.4 Å². The van der Waals surface area contributed by atoms with Crippen LogP contribution in [-0.2, 0) is 16.1 Å². The van der Waals surface area contributed by atoms with Gasteiger partial charge in [0.2, 0.25) is 5.91 Å². The number of rotatable bonds is 3. The number of fused-ring (bicyclic) bond motifs is 1. The minimum atomic E-state index is 0.0885. The number of benzene rings is 1. The molecular weight excluding hydrogens is 290 g/mol. The van der Waals surface area contributed by atoms with Gasteiger partial charge in [-0.15, -0.1) is 11.3 Å². The average Bonchev–Trinajstić information content (AvgIpc) is 2.95. The van der Waals surface area contributed by atoms with Crippen molar-refractivity contribution >= 4 is 44.2 Å². The number of thioether (sulfide) groups is 1. The fourth-order valence-corrected chi connectivity index (χ4v) is 4.47. The Morgan fingerprint density at radius 1 is 1.45 bits per heavy atom. The van der Waals surface area contributed by atoms with Crippen molar-refractivity contribution in [3.63, 3.8) is 0 Å². The Hall–Kier alpha value is -1.33. The van der Waals surface area contributed by atoms with E-state index in [1.807, 2.05) is 17.0 Å². The summed E-state index contributed by atoms with van der Waals surface area (Å²) in [4.78, 5) is 25.0. The summed E-state index contributed by atoms with van der Waals surface area (Å²) >= 11 is 3.00. The number of nitrogens with zero attached hydrogens (tertiary/aromatic N) is 1. The maximum atomic E-state index is 12.0. The molecule has 104 valence electrons. The van der Waals surface area contributed by atoms with Gasteiger partial charge in [0.15, 0.2) is 5.12 Å². The lowest BCUT2D eigenvalue weighted by molar-refractivity contribution is -0.128. The van der Waals surface area contributed by atoms with Crippen LogP contribution in [0.1, 0.15) is 18.9 Å². The molecule has 1 unspecified atom stereocenters. The Morgan fingerprint density at radius 2 is 2.25 bits per heavy atom. The molecule has 0 bridgehead atoms. The zero-order valence-electron chi connectivity index (χ0n) is 11.2. The van der Waals surface area contributed by atoms with Crippen LogP contribution in [-0.4, -0.2) is 27.7 Å². The zero-order chi connectivity index (χ0) is 14.1. The molecule has 0 spiro atoms. The van der Waals surface area contributed by atoms with Gasteiger partial charge in [-0.3, -0.25) is 9.59 Å². The van der Waals surface area contributed by atoms with Crippen molar-refractivity contribution in [2.45, 2.75) is 25.1 Å². The van der Waals surface area contributed by atoms with E-state index in [-0.39, 0.29) is 16.3 Å². The van der Waals surface area contributed by atoms with Crippen molar-refractivity contribution in [2.24, 2.45) is 0 Å². The van der Waals surface area contributed by atoms with E-state index < -0.39 is 0 Å². The molecule has 0 radical (unpaired) electrons. The van der Waals surface area contributed by atoms with Crippen LogP contribution in [0.2, 0.25) is 0 Å². The Labute approximate surface area is 126 Å². The van der Waals surface area contributed by atoms with Crippen LogP contribution in [0, 0.1) is 0 Å². The molecule has 20 heavy (non-hydrogen) atoms. The topological polar surface area (TPSA) is 37.4 Å². The predicted octanol–water partition coefficient (Wildman–Crippen LogP) is 3.28. The molecule has 1 atom stereocenters. The van der Waals surface area contributed by atoms with Crippen molar-refractivity contribution in [3.05, 3.63) is 35.2 Å². The van der Waals surface area contributed by atoms with E-state index in [4.69, 9.17) is 0 Å². The van der Waals surface area contributed by atoms with Crippen LogP contribution >= 0.6 is 23.1 Å². The Bertz CT molecular complexity index is 665. The SMILES string of the molecule is CC(=O)SC1CC(=O)N(Cc2csc3ccccc23)C1. The van der Waals surface area contributed by atoms with E-state index in [0.29, 0.717) is 19.5 Å². The maximum Gasteiger partial charge on any atom is 0.224 e. The molecule has 1 fully saturated rings. The molecule has 1 aromatic heterocycles. The number of thiophene rings is 1. The van der Waals surface area contributed by atoms with Gasteiger partial charge in [0, 0.05) is 36.4 Å². The molecule has 1 saturated heterocycles. The van der Waals surface area contributed by atoms with Gasteiger partial charge in [-0.2, -0.15) is 0 Å². The minimum Gasteiger partial charge on any atom is -0.337 e. The van der Waals surface area contributed by atoms with Crippen LogP contribution in [0.4, 0.5) is 0 Å². The molecule has 2 aromatic rings. The lowest BCUT2D eigenvalue weighted by atomic mass is 10.2. The van der Waals surface area contributed by atoms with Crippen molar-refractivity contribution in [1.82, 2.24) is 4.90 Å². The van der Waals surface area contributed by atoms with E-state index in [1.54, 1.807) is 18.3 Å². The van der Waals surface area contributed by atoms with Gasteiger partial charge in [-0.05, 0) is 22.4 Å². The van der Waals surface area contributed by atoms with Crippen molar-refractivity contribution < 1.29 is 9.59 Å². The molecule has 0 aliphatic carbocycles. The Balaban J connectivity index is 1.75. The summed E-state index contributed by atoms with van der Waals surface area (Å²) in [6, 6.07) is 8.26. The van der Waals surface area contributed by atoms with Crippen LogP contribution in [0.3, 0.4) is 0 Å². The third-order valence-corrected chi connectivity index (χ3v) is 5.43. The number of carbonyl (C=O) groups is 2. The molecule has 3 rings (SSSR count). The van der Waals surface area contributed by atoms with Crippen LogP contribution in [0.25, 0.3) is 10.1 Å². The number of amides is 1. The first-order valence-corrected chi connectivity index (χ1v) is 8.29. The lowest BCUT2D eigenvalue weighted by Gasteiger charge is -2.15. The van der Waals surface area contributed by atoms with Gasteiger partial charge in [0.1, 0.15) is 0 Å². The average molecular weight is 305 g/mol. The summed E-state index contributed by atoms with van der Waals surface area (Å²) in [5, 5.41) is 3.56. The molecule has 3 nitrogen and oxygen atoms in total. The van der Waals surface area contributed by atoms with Gasteiger partial charge >= 0.3 is 0 Å². The molecule has 5 heteroatoms. The summed E-state index contributed by atoms with van der Waals surface area (Å²) in [6.45, 7) is 2.88. The normalized spacial score (nSPS) is 18.9. The number of hydrogen-bond donors (Lipinski definition) is 0. The Morgan fingerprint density at radius 3 is 3.05 bits per heavy atom. The first-order valence-electron chi connectivity index (χ1n) is 6.53. The van der Waals surface area contributed by atoms with Crippen molar-refractivity contribution in [3.8, 4) is 0 Å². The Kier molecular flexibility index (Phi) is 3.81. The molecular formula is C15H15NO2S2. The van der Waals surface area contributed by atoms with E-state index >= 15 is 0 Å². The van der Waals surface area contributed by atoms with Crippen molar-refractivity contribution in [1.29, 1.82) is 0 Å². The highest BCUT2D eigenvalue weighted by Gasteiger charge is 2.31.